The molecule has 2 aromatic heterocycles. The standard InChI is InChI=1S/C20H31F3N8/c21-20(22,23)7-9-31-12-13(11-28-31)15(6-8-27-14-4-2-1-3-5-14)16-10-17(24)29-19(30-26)18(16)25/h10-12,14-15,27H,1-9,25-26H2,(H3,24,29,30). The summed E-state index contributed by atoms with van der Waals surface area (Å²) in [7, 11) is 0. The van der Waals surface area contributed by atoms with Crippen molar-refractivity contribution in [3.8, 4) is 0 Å². The normalized spacial score (nSPS) is 16.4. The van der Waals surface area contributed by atoms with E-state index in [2.05, 4.69) is 20.8 Å². The zero-order chi connectivity index (χ0) is 22.4. The first kappa shape index (κ1) is 23.1. The van der Waals surface area contributed by atoms with E-state index in [4.69, 9.17) is 17.3 Å². The van der Waals surface area contributed by atoms with Crippen LogP contribution in [0.25, 0.3) is 0 Å². The Labute approximate surface area is 179 Å². The summed E-state index contributed by atoms with van der Waals surface area (Å²) >= 11 is 0. The summed E-state index contributed by atoms with van der Waals surface area (Å²) in [5.41, 5.74) is 16.5. The van der Waals surface area contributed by atoms with Gasteiger partial charge in [0.2, 0.25) is 0 Å². The molecule has 1 fully saturated rings. The lowest BCUT2D eigenvalue weighted by atomic mass is 9.89. The number of aromatic nitrogens is 3. The molecule has 0 radical (unpaired) electrons. The van der Waals surface area contributed by atoms with E-state index in [1.54, 1.807) is 18.5 Å². The van der Waals surface area contributed by atoms with Gasteiger partial charge in [0.1, 0.15) is 5.82 Å². The summed E-state index contributed by atoms with van der Waals surface area (Å²) in [4.78, 5) is 4.10. The van der Waals surface area contributed by atoms with Gasteiger partial charge in [-0.05, 0) is 43.0 Å². The van der Waals surface area contributed by atoms with Gasteiger partial charge in [-0.25, -0.2) is 10.8 Å². The Bertz CT molecular complexity index is 845. The smallest absolute Gasteiger partial charge is 0.390 e. The molecular weight excluding hydrogens is 409 g/mol. The Morgan fingerprint density at radius 2 is 1.94 bits per heavy atom. The number of hydrazine groups is 1. The van der Waals surface area contributed by atoms with Crippen LogP contribution in [0.1, 0.15) is 62.0 Å². The monoisotopic (exact) mass is 440 g/mol. The summed E-state index contributed by atoms with van der Waals surface area (Å²) < 4.78 is 39.1. The van der Waals surface area contributed by atoms with Gasteiger partial charge in [0.05, 0.1) is 18.3 Å². The molecule has 1 unspecified atom stereocenters. The molecule has 1 atom stereocenters. The van der Waals surface area contributed by atoms with Gasteiger partial charge in [0.25, 0.3) is 0 Å². The predicted octanol–water partition coefficient (Wildman–Crippen LogP) is 3.12. The van der Waals surface area contributed by atoms with Crippen molar-refractivity contribution >= 4 is 17.3 Å². The Hall–Kier alpha value is -2.53. The molecule has 8 nitrogen and oxygen atoms in total. The van der Waals surface area contributed by atoms with Crippen molar-refractivity contribution in [2.75, 3.05) is 23.4 Å². The topological polar surface area (TPSA) is 133 Å². The Kier molecular flexibility index (Phi) is 7.60. The van der Waals surface area contributed by atoms with Crippen LogP contribution < -0.4 is 28.1 Å². The van der Waals surface area contributed by atoms with Crippen LogP contribution in [0.3, 0.4) is 0 Å². The number of pyridine rings is 1. The SMILES string of the molecule is NNc1nc(N)cc(C(CCNC2CCCCC2)c2cnn(CCC(F)(F)F)c2)c1N. The van der Waals surface area contributed by atoms with E-state index in [1.165, 1.54) is 23.9 Å². The molecule has 172 valence electrons. The van der Waals surface area contributed by atoms with E-state index < -0.39 is 12.6 Å². The van der Waals surface area contributed by atoms with Crippen LogP contribution in [0.2, 0.25) is 0 Å². The minimum atomic E-state index is -4.24. The molecule has 0 bridgehead atoms. The molecule has 1 aliphatic carbocycles. The Morgan fingerprint density at radius 3 is 2.61 bits per heavy atom. The van der Waals surface area contributed by atoms with E-state index in [0.717, 1.165) is 30.5 Å². The Balaban J connectivity index is 1.81. The van der Waals surface area contributed by atoms with Crippen LogP contribution >= 0.6 is 0 Å². The molecule has 1 aliphatic rings. The highest BCUT2D eigenvalue weighted by molar-refractivity contribution is 5.70. The van der Waals surface area contributed by atoms with Gasteiger partial charge in [-0.2, -0.15) is 18.3 Å². The molecule has 1 saturated carbocycles. The summed E-state index contributed by atoms with van der Waals surface area (Å²) in [6, 6.07) is 2.18. The fourth-order valence-electron chi connectivity index (χ4n) is 4.16. The number of aryl methyl sites for hydroxylation is 1. The van der Waals surface area contributed by atoms with E-state index in [0.29, 0.717) is 18.2 Å². The number of nitrogens with two attached hydrogens (primary N) is 3. The second kappa shape index (κ2) is 10.2. The minimum absolute atomic E-state index is 0.215. The molecule has 2 aromatic rings. The summed E-state index contributed by atoms with van der Waals surface area (Å²) in [6.07, 6.45) is 4.79. The van der Waals surface area contributed by atoms with Crippen molar-refractivity contribution in [2.24, 2.45) is 5.84 Å². The number of nitrogens with one attached hydrogen (secondary N) is 2. The van der Waals surface area contributed by atoms with Crippen molar-refractivity contribution in [3.05, 3.63) is 29.6 Å². The first-order valence-corrected chi connectivity index (χ1v) is 10.6. The minimum Gasteiger partial charge on any atom is -0.395 e. The maximum atomic E-state index is 12.6. The zero-order valence-electron chi connectivity index (χ0n) is 17.5. The highest BCUT2D eigenvalue weighted by Gasteiger charge is 2.27. The van der Waals surface area contributed by atoms with Crippen molar-refractivity contribution in [2.45, 2.75) is 69.6 Å². The fraction of sp³-hybridized carbons (Fsp3) is 0.600. The third kappa shape index (κ3) is 6.47. The first-order chi connectivity index (χ1) is 14.8. The molecule has 0 aliphatic heterocycles. The molecule has 8 N–H and O–H groups in total. The average molecular weight is 441 g/mol. The molecule has 0 saturated heterocycles. The second-order valence-corrected chi connectivity index (χ2v) is 8.08. The number of hydrogen-bond donors (Lipinski definition) is 5. The van der Waals surface area contributed by atoms with E-state index in [9.17, 15) is 13.2 Å². The van der Waals surface area contributed by atoms with Gasteiger partial charge in [-0.1, -0.05) is 19.3 Å². The zero-order valence-corrected chi connectivity index (χ0v) is 17.5. The van der Waals surface area contributed by atoms with Gasteiger partial charge in [0, 0.05) is 24.7 Å². The van der Waals surface area contributed by atoms with Crippen LogP contribution in [0, 0.1) is 0 Å². The van der Waals surface area contributed by atoms with Gasteiger partial charge < -0.3 is 22.2 Å². The average Bonchev–Trinajstić information content (AvgIpc) is 3.20. The van der Waals surface area contributed by atoms with Crippen molar-refractivity contribution < 1.29 is 13.2 Å². The molecular formula is C20H31F3N8. The molecule has 0 amide bonds. The van der Waals surface area contributed by atoms with Crippen molar-refractivity contribution in [3.63, 3.8) is 0 Å². The molecule has 11 heteroatoms. The molecule has 0 spiro atoms. The molecule has 3 rings (SSSR count). The van der Waals surface area contributed by atoms with Gasteiger partial charge >= 0.3 is 6.18 Å². The number of nitrogen functional groups attached to an aromatic ring is 3. The highest BCUT2D eigenvalue weighted by atomic mass is 19.4. The maximum Gasteiger partial charge on any atom is 0.390 e. The number of halogens is 3. The number of hydrogen-bond acceptors (Lipinski definition) is 7. The van der Waals surface area contributed by atoms with Crippen LogP contribution in [0.15, 0.2) is 18.5 Å². The summed E-state index contributed by atoms with van der Waals surface area (Å²) in [5.74, 6) is 5.84. The van der Waals surface area contributed by atoms with Crippen LogP contribution in [-0.2, 0) is 6.54 Å². The van der Waals surface area contributed by atoms with Crippen molar-refractivity contribution in [1.82, 2.24) is 20.1 Å². The van der Waals surface area contributed by atoms with E-state index in [1.807, 2.05) is 0 Å². The Morgan fingerprint density at radius 1 is 1.19 bits per heavy atom. The number of rotatable bonds is 9. The van der Waals surface area contributed by atoms with Gasteiger partial charge in [-0.3, -0.25) is 4.68 Å². The molecule has 0 aromatic carbocycles. The fourth-order valence-corrected chi connectivity index (χ4v) is 4.16. The predicted molar refractivity (Wildman–Crippen MR) is 115 cm³/mol. The number of nitrogens with zero attached hydrogens (tertiary/aromatic N) is 3. The maximum absolute atomic E-state index is 12.6. The largest absolute Gasteiger partial charge is 0.395 e. The lowest BCUT2D eigenvalue weighted by Crippen LogP contribution is -2.32. The summed E-state index contributed by atoms with van der Waals surface area (Å²) in [5, 5.41) is 7.73. The van der Waals surface area contributed by atoms with Gasteiger partial charge in [-0.15, -0.1) is 0 Å². The van der Waals surface area contributed by atoms with Crippen molar-refractivity contribution in [1.29, 1.82) is 0 Å². The third-order valence-corrected chi connectivity index (χ3v) is 5.77. The molecule has 2 heterocycles. The van der Waals surface area contributed by atoms with E-state index >= 15 is 0 Å². The van der Waals surface area contributed by atoms with Crippen LogP contribution in [0.4, 0.5) is 30.5 Å². The van der Waals surface area contributed by atoms with Crippen LogP contribution in [-0.4, -0.2) is 33.5 Å². The third-order valence-electron chi connectivity index (χ3n) is 5.77. The van der Waals surface area contributed by atoms with Crippen LogP contribution in [0.5, 0.6) is 0 Å². The molecule has 31 heavy (non-hydrogen) atoms. The number of alkyl halides is 3. The second-order valence-electron chi connectivity index (χ2n) is 8.08. The van der Waals surface area contributed by atoms with E-state index in [-0.39, 0.29) is 24.1 Å². The highest BCUT2D eigenvalue weighted by Crippen LogP contribution is 2.35. The lowest BCUT2D eigenvalue weighted by Gasteiger charge is -2.25. The summed E-state index contributed by atoms with van der Waals surface area (Å²) in [6.45, 7) is 0.496. The first-order valence-electron chi connectivity index (χ1n) is 10.6. The number of anilines is 3. The quantitative estimate of drug-likeness (QED) is 0.299. The lowest BCUT2D eigenvalue weighted by molar-refractivity contribution is -0.137. The van der Waals surface area contributed by atoms with Gasteiger partial charge in [0.15, 0.2) is 5.82 Å².